The Kier molecular flexibility index (Phi) is 8.90. The van der Waals surface area contributed by atoms with E-state index in [1.54, 1.807) is 0 Å². The van der Waals surface area contributed by atoms with Crippen molar-refractivity contribution >= 4 is 11.7 Å². The van der Waals surface area contributed by atoms with Crippen LogP contribution < -0.4 is 10.1 Å². The van der Waals surface area contributed by atoms with E-state index in [1.807, 2.05) is 31.2 Å². The maximum absolute atomic E-state index is 10.7. The standard InChI is InChI=1S/C28H33NO4/c1-4-32-14-15-33-26-16-20(2)28(21(3)17-26)24-7-5-6-23(18-24)19-29-25-11-8-22(9-12-25)10-13-27(30)31/h5-9,11-12,16-18,29H,4,10,13-15,19H2,1-3H3,(H,30,31). The molecule has 0 heterocycles. The number of carboxylic acids is 1. The molecule has 5 nitrogen and oxygen atoms in total. The average Bonchev–Trinajstić information content (AvgIpc) is 2.80. The van der Waals surface area contributed by atoms with Crippen molar-refractivity contribution in [1.82, 2.24) is 0 Å². The second-order valence-corrected chi connectivity index (χ2v) is 8.12. The summed E-state index contributed by atoms with van der Waals surface area (Å²) in [6.07, 6.45) is 0.700. The Morgan fingerprint density at radius 3 is 2.33 bits per heavy atom. The SMILES string of the molecule is CCOCCOc1cc(C)c(-c2cccc(CNc3ccc(CCC(=O)O)cc3)c2)c(C)c1. The molecule has 0 saturated carbocycles. The third kappa shape index (κ3) is 7.36. The van der Waals surface area contributed by atoms with Crippen LogP contribution in [0, 0.1) is 13.8 Å². The summed E-state index contributed by atoms with van der Waals surface area (Å²) < 4.78 is 11.2. The highest BCUT2D eigenvalue weighted by Crippen LogP contribution is 2.31. The van der Waals surface area contributed by atoms with Crippen molar-refractivity contribution in [2.45, 2.75) is 40.2 Å². The van der Waals surface area contributed by atoms with Gasteiger partial charge in [-0.3, -0.25) is 4.79 Å². The molecular weight excluding hydrogens is 414 g/mol. The molecule has 0 fully saturated rings. The van der Waals surface area contributed by atoms with Crippen LogP contribution in [-0.4, -0.2) is 30.9 Å². The van der Waals surface area contributed by atoms with Crippen molar-refractivity contribution in [3.05, 3.63) is 82.9 Å². The minimum Gasteiger partial charge on any atom is -0.491 e. The van der Waals surface area contributed by atoms with Gasteiger partial charge in [-0.2, -0.15) is 0 Å². The number of aliphatic carboxylic acids is 1. The maximum Gasteiger partial charge on any atom is 0.303 e. The lowest BCUT2D eigenvalue weighted by molar-refractivity contribution is -0.136. The van der Waals surface area contributed by atoms with E-state index in [0.29, 0.717) is 32.8 Å². The molecule has 3 aromatic carbocycles. The molecule has 0 radical (unpaired) electrons. The summed E-state index contributed by atoms with van der Waals surface area (Å²) in [5.41, 5.74) is 8.03. The molecule has 0 amide bonds. The summed E-state index contributed by atoms with van der Waals surface area (Å²) in [6.45, 7) is 8.77. The van der Waals surface area contributed by atoms with Crippen molar-refractivity contribution in [3.8, 4) is 16.9 Å². The van der Waals surface area contributed by atoms with E-state index in [2.05, 4.69) is 55.6 Å². The highest BCUT2D eigenvalue weighted by molar-refractivity contribution is 5.72. The molecule has 3 rings (SSSR count). The fraction of sp³-hybridized carbons (Fsp3) is 0.321. The van der Waals surface area contributed by atoms with Crippen molar-refractivity contribution in [1.29, 1.82) is 0 Å². The first kappa shape index (κ1) is 24.3. The monoisotopic (exact) mass is 447 g/mol. The van der Waals surface area contributed by atoms with Crippen LogP contribution in [-0.2, 0) is 22.5 Å². The van der Waals surface area contributed by atoms with Crippen molar-refractivity contribution in [2.75, 3.05) is 25.1 Å². The summed E-state index contributed by atoms with van der Waals surface area (Å²) in [6, 6.07) is 20.7. The fourth-order valence-electron chi connectivity index (χ4n) is 3.91. The number of rotatable bonds is 12. The van der Waals surface area contributed by atoms with Crippen molar-refractivity contribution in [2.24, 2.45) is 0 Å². The fourth-order valence-corrected chi connectivity index (χ4v) is 3.91. The zero-order valence-corrected chi connectivity index (χ0v) is 19.7. The molecule has 3 aromatic rings. The van der Waals surface area contributed by atoms with Gasteiger partial charge in [0, 0.05) is 25.3 Å². The van der Waals surface area contributed by atoms with Gasteiger partial charge in [-0.15, -0.1) is 0 Å². The van der Waals surface area contributed by atoms with Gasteiger partial charge in [-0.25, -0.2) is 0 Å². The number of anilines is 1. The number of hydrogen-bond acceptors (Lipinski definition) is 4. The third-order valence-electron chi connectivity index (χ3n) is 5.50. The van der Waals surface area contributed by atoms with Crippen molar-refractivity contribution in [3.63, 3.8) is 0 Å². The Labute approximate surface area is 196 Å². The van der Waals surface area contributed by atoms with E-state index in [-0.39, 0.29) is 6.42 Å². The van der Waals surface area contributed by atoms with Gasteiger partial charge in [-0.05, 0) is 90.9 Å². The number of nitrogens with one attached hydrogen (secondary N) is 1. The van der Waals surface area contributed by atoms with E-state index < -0.39 is 5.97 Å². The Morgan fingerprint density at radius 2 is 1.67 bits per heavy atom. The van der Waals surface area contributed by atoms with Crippen LogP contribution in [0.2, 0.25) is 0 Å². The predicted octanol–water partition coefficient (Wildman–Crippen LogP) is 6.02. The van der Waals surface area contributed by atoms with Crippen LogP contribution in [0.4, 0.5) is 5.69 Å². The number of carboxylic acid groups (broad SMARTS) is 1. The Balaban J connectivity index is 1.65. The highest BCUT2D eigenvalue weighted by Gasteiger charge is 2.09. The smallest absolute Gasteiger partial charge is 0.303 e. The summed E-state index contributed by atoms with van der Waals surface area (Å²) >= 11 is 0. The Hall–Kier alpha value is -3.31. The molecule has 0 aliphatic heterocycles. The quantitative estimate of drug-likeness (QED) is 0.333. The first-order valence-corrected chi connectivity index (χ1v) is 11.4. The summed E-state index contributed by atoms with van der Waals surface area (Å²) in [5.74, 6) is 0.101. The third-order valence-corrected chi connectivity index (χ3v) is 5.50. The number of benzene rings is 3. The van der Waals surface area contributed by atoms with Crippen LogP contribution in [0.15, 0.2) is 60.7 Å². The largest absolute Gasteiger partial charge is 0.491 e. The van der Waals surface area contributed by atoms with Crippen LogP contribution in [0.25, 0.3) is 11.1 Å². The van der Waals surface area contributed by atoms with Gasteiger partial charge in [-0.1, -0.05) is 30.3 Å². The summed E-state index contributed by atoms with van der Waals surface area (Å²) in [5, 5.41) is 12.3. The number of ether oxygens (including phenoxy) is 2. The summed E-state index contributed by atoms with van der Waals surface area (Å²) in [4.78, 5) is 10.7. The van der Waals surface area contributed by atoms with Gasteiger partial charge in [0.2, 0.25) is 0 Å². The minimum absolute atomic E-state index is 0.152. The van der Waals surface area contributed by atoms with E-state index in [0.717, 1.165) is 17.0 Å². The van der Waals surface area contributed by atoms with Gasteiger partial charge in [0.25, 0.3) is 0 Å². The molecule has 0 saturated heterocycles. The van der Waals surface area contributed by atoms with Gasteiger partial charge in [0.05, 0.1) is 6.61 Å². The second kappa shape index (κ2) is 12.1. The van der Waals surface area contributed by atoms with Crippen LogP contribution in [0.3, 0.4) is 0 Å². The Bertz CT molecular complexity index is 1040. The Morgan fingerprint density at radius 1 is 0.939 bits per heavy atom. The highest BCUT2D eigenvalue weighted by atomic mass is 16.5. The van der Waals surface area contributed by atoms with Crippen molar-refractivity contribution < 1.29 is 19.4 Å². The van der Waals surface area contributed by atoms with Gasteiger partial charge in [0.1, 0.15) is 12.4 Å². The molecule has 2 N–H and O–H groups in total. The topological polar surface area (TPSA) is 67.8 Å². The van der Waals surface area contributed by atoms with E-state index >= 15 is 0 Å². The lowest BCUT2D eigenvalue weighted by Gasteiger charge is -2.15. The lowest BCUT2D eigenvalue weighted by atomic mass is 9.94. The normalized spacial score (nSPS) is 10.8. The first-order valence-electron chi connectivity index (χ1n) is 11.4. The average molecular weight is 448 g/mol. The number of aryl methyl sites for hydroxylation is 3. The van der Waals surface area contributed by atoms with Gasteiger partial charge >= 0.3 is 5.97 Å². The molecule has 0 aromatic heterocycles. The number of hydrogen-bond donors (Lipinski definition) is 2. The van der Waals surface area contributed by atoms with Crippen LogP contribution in [0.1, 0.15) is 35.6 Å². The molecule has 5 heteroatoms. The molecule has 0 spiro atoms. The van der Waals surface area contributed by atoms with E-state index in [1.165, 1.54) is 27.8 Å². The van der Waals surface area contributed by atoms with E-state index in [4.69, 9.17) is 14.6 Å². The number of carbonyl (C=O) groups is 1. The molecule has 0 aliphatic carbocycles. The molecule has 0 bridgehead atoms. The minimum atomic E-state index is -0.772. The first-order chi connectivity index (χ1) is 16.0. The lowest BCUT2D eigenvalue weighted by Crippen LogP contribution is -2.06. The molecule has 0 aliphatic rings. The predicted molar refractivity (Wildman–Crippen MR) is 133 cm³/mol. The van der Waals surface area contributed by atoms with Gasteiger partial charge in [0.15, 0.2) is 0 Å². The van der Waals surface area contributed by atoms with Crippen LogP contribution in [0.5, 0.6) is 5.75 Å². The molecule has 0 atom stereocenters. The van der Waals surface area contributed by atoms with Gasteiger partial charge < -0.3 is 19.9 Å². The zero-order chi connectivity index (χ0) is 23.6. The molecule has 0 unspecified atom stereocenters. The second-order valence-electron chi connectivity index (χ2n) is 8.12. The maximum atomic E-state index is 10.7. The van der Waals surface area contributed by atoms with E-state index in [9.17, 15) is 4.79 Å². The summed E-state index contributed by atoms with van der Waals surface area (Å²) in [7, 11) is 0. The molecular formula is C28H33NO4. The molecule has 174 valence electrons. The molecule has 33 heavy (non-hydrogen) atoms. The van der Waals surface area contributed by atoms with Crippen LogP contribution >= 0.6 is 0 Å². The zero-order valence-electron chi connectivity index (χ0n) is 19.7.